The Morgan fingerprint density at radius 1 is 1.09 bits per heavy atom. The highest BCUT2D eigenvalue weighted by Gasteiger charge is 2.39. The molecule has 1 aliphatic rings. The number of hydrogen-bond acceptors (Lipinski definition) is 5. The molecule has 22 heavy (non-hydrogen) atoms. The van der Waals surface area contributed by atoms with Crippen molar-refractivity contribution in [3.8, 4) is 0 Å². The number of aromatic amines is 1. The Labute approximate surface area is 124 Å². The smallest absolute Gasteiger partial charge is 0.364 e. The number of carbonyl (C=O) groups excluding carboxylic acids is 3. The van der Waals surface area contributed by atoms with E-state index in [4.69, 9.17) is 4.84 Å². The van der Waals surface area contributed by atoms with Crippen LogP contribution in [0.2, 0.25) is 0 Å². The highest BCUT2D eigenvalue weighted by Crippen LogP contribution is 2.22. The number of amides is 2. The van der Waals surface area contributed by atoms with Crippen LogP contribution in [0.5, 0.6) is 0 Å². The third kappa shape index (κ3) is 2.08. The number of hydrogen-bond donors (Lipinski definition) is 1. The molecule has 0 aliphatic carbocycles. The maximum absolute atomic E-state index is 12.1. The van der Waals surface area contributed by atoms with Gasteiger partial charge >= 0.3 is 5.97 Å². The molecule has 0 saturated carbocycles. The van der Waals surface area contributed by atoms with E-state index in [1.54, 1.807) is 19.1 Å². The molecule has 1 aliphatic heterocycles. The van der Waals surface area contributed by atoms with Gasteiger partial charge in [-0.1, -0.05) is 17.2 Å². The van der Waals surface area contributed by atoms with E-state index in [1.807, 2.05) is 0 Å². The molecule has 110 valence electrons. The van der Waals surface area contributed by atoms with Gasteiger partial charge in [0.05, 0.1) is 11.1 Å². The average Bonchev–Trinajstić information content (AvgIpc) is 2.73. The molecule has 0 atom stereocenters. The van der Waals surface area contributed by atoms with Crippen LogP contribution in [-0.2, 0) is 4.84 Å². The monoisotopic (exact) mass is 298 g/mol. The first-order chi connectivity index (χ1) is 10.5. The fourth-order valence-electron chi connectivity index (χ4n) is 2.11. The van der Waals surface area contributed by atoms with Crippen LogP contribution < -0.4 is 5.43 Å². The number of rotatable bonds is 2. The van der Waals surface area contributed by atoms with Gasteiger partial charge in [0.15, 0.2) is 5.43 Å². The summed E-state index contributed by atoms with van der Waals surface area (Å²) in [5.41, 5.74) is 0.0264. The Kier molecular flexibility index (Phi) is 3.10. The number of fused-ring (bicyclic) bond motifs is 1. The number of aryl methyl sites for hydroxylation is 1. The highest BCUT2D eigenvalue weighted by atomic mass is 16.7. The van der Waals surface area contributed by atoms with Gasteiger partial charge in [0.25, 0.3) is 11.8 Å². The van der Waals surface area contributed by atoms with Crippen LogP contribution in [0.1, 0.15) is 36.8 Å². The SMILES string of the molecule is Cc1cc(=O)c(C(=O)ON2C(=O)c3ccccc3C2=O)c[nH]1. The zero-order chi connectivity index (χ0) is 15.9. The summed E-state index contributed by atoms with van der Waals surface area (Å²) in [7, 11) is 0. The largest absolute Gasteiger partial charge is 0.369 e. The predicted octanol–water partition coefficient (Wildman–Crippen LogP) is 1.05. The number of aromatic nitrogens is 1. The lowest BCUT2D eigenvalue weighted by molar-refractivity contribution is -0.0585. The summed E-state index contributed by atoms with van der Waals surface area (Å²) in [6.45, 7) is 1.65. The standard InChI is InChI=1S/C15H10N2O5/c1-8-6-12(18)11(7-16-8)15(21)22-17-13(19)9-4-2-3-5-10(9)14(17)20/h2-7H,1H3,(H,16,18). The van der Waals surface area contributed by atoms with E-state index in [0.717, 1.165) is 0 Å². The second kappa shape index (κ2) is 4.96. The minimum atomic E-state index is -1.07. The number of imide groups is 1. The summed E-state index contributed by atoms with van der Waals surface area (Å²) in [5, 5.41) is 0.367. The van der Waals surface area contributed by atoms with Crippen molar-refractivity contribution in [3.05, 3.63) is 69.1 Å². The molecule has 1 aromatic carbocycles. The number of carbonyl (C=O) groups is 3. The van der Waals surface area contributed by atoms with Crippen molar-refractivity contribution >= 4 is 17.8 Å². The quantitative estimate of drug-likeness (QED) is 0.836. The van der Waals surface area contributed by atoms with Crippen molar-refractivity contribution in [2.24, 2.45) is 0 Å². The van der Waals surface area contributed by atoms with Crippen LogP contribution in [0.15, 0.2) is 41.3 Å². The molecule has 2 heterocycles. The van der Waals surface area contributed by atoms with Gasteiger partial charge < -0.3 is 9.82 Å². The van der Waals surface area contributed by atoms with Crippen LogP contribution in [0.3, 0.4) is 0 Å². The van der Waals surface area contributed by atoms with Gasteiger partial charge in [-0.15, -0.1) is 0 Å². The lowest BCUT2D eigenvalue weighted by Crippen LogP contribution is -2.34. The summed E-state index contributed by atoms with van der Waals surface area (Å²) in [5.74, 6) is -2.55. The van der Waals surface area contributed by atoms with E-state index in [0.29, 0.717) is 10.8 Å². The van der Waals surface area contributed by atoms with Crippen LogP contribution in [0.4, 0.5) is 0 Å². The van der Waals surface area contributed by atoms with Crippen LogP contribution in [0.25, 0.3) is 0 Å². The number of nitrogens with zero attached hydrogens (tertiary/aromatic N) is 1. The third-order valence-electron chi connectivity index (χ3n) is 3.21. The van der Waals surface area contributed by atoms with Gasteiger partial charge in [0.2, 0.25) is 0 Å². The van der Waals surface area contributed by atoms with E-state index in [-0.39, 0.29) is 16.7 Å². The molecule has 3 rings (SSSR count). The fraction of sp³-hybridized carbons (Fsp3) is 0.0667. The molecule has 7 nitrogen and oxygen atoms in total. The average molecular weight is 298 g/mol. The Hall–Kier alpha value is -3.22. The lowest BCUT2D eigenvalue weighted by Gasteiger charge is -2.12. The first-order valence-electron chi connectivity index (χ1n) is 6.38. The number of benzene rings is 1. The van der Waals surface area contributed by atoms with E-state index < -0.39 is 23.2 Å². The molecule has 0 spiro atoms. The first kappa shape index (κ1) is 13.7. The minimum absolute atomic E-state index is 0.151. The normalized spacial score (nSPS) is 13.2. The molecule has 0 unspecified atom stereocenters. The van der Waals surface area contributed by atoms with E-state index in [2.05, 4.69) is 4.98 Å². The van der Waals surface area contributed by atoms with E-state index >= 15 is 0 Å². The maximum Gasteiger partial charge on any atom is 0.369 e. The first-order valence-corrected chi connectivity index (χ1v) is 6.38. The number of H-pyrrole nitrogens is 1. The highest BCUT2D eigenvalue weighted by molar-refractivity contribution is 6.21. The summed E-state index contributed by atoms with van der Waals surface area (Å²) < 4.78 is 0. The summed E-state index contributed by atoms with van der Waals surface area (Å²) in [6, 6.07) is 7.34. The van der Waals surface area contributed by atoms with Crippen molar-refractivity contribution < 1.29 is 19.2 Å². The Morgan fingerprint density at radius 2 is 1.68 bits per heavy atom. The molecule has 0 fully saturated rings. The van der Waals surface area contributed by atoms with Crippen molar-refractivity contribution in [1.82, 2.24) is 10.0 Å². The molecule has 0 saturated heterocycles. The number of pyridine rings is 1. The molecule has 7 heteroatoms. The van der Waals surface area contributed by atoms with Gasteiger partial charge in [-0.25, -0.2) is 4.79 Å². The van der Waals surface area contributed by atoms with Crippen LogP contribution >= 0.6 is 0 Å². The van der Waals surface area contributed by atoms with E-state index in [9.17, 15) is 19.2 Å². The third-order valence-corrected chi connectivity index (χ3v) is 3.21. The van der Waals surface area contributed by atoms with Crippen molar-refractivity contribution in [2.45, 2.75) is 6.92 Å². The molecule has 1 aromatic heterocycles. The van der Waals surface area contributed by atoms with Crippen LogP contribution in [0, 0.1) is 6.92 Å². The van der Waals surface area contributed by atoms with Crippen molar-refractivity contribution in [2.75, 3.05) is 0 Å². The second-order valence-electron chi connectivity index (χ2n) is 4.72. The number of nitrogens with one attached hydrogen (secondary N) is 1. The van der Waals surface area contributed by atoms with Gasteiger partial charge in [-0.05, 0) is 19.1 Å². The zero-order valence-corrected chi connectivity index (χ0v) is 11.5. The Morgan fingerprint density at radius 3 is 2.23 bits per heavy atom. The molecule has 0 radical (unpaired) electrons. The fourth-order valence-corrected chi connectivity index (χ4v) is 2.11. The minimum Gasteiger partial charge on any atom is -0.364 e. The lowest BCUT2D eigenvalue weighted by atomic mass is 10.1. The maximum atomic E-state index is 12.1. The Balaban J connectivity index is 1.89. The molecule has 0 bridgehead atoms. The zero-order valence-electron chi connectivity index (χ0n) is 11.5. The summed E-state index contributed by atoms with van der Waals surface area (Å²) in [6.07, 6.45) is 1.18. The van der Waals surface area contributed by atoms with Gasteiger partial charge in [0, 0.05) is 18.0 Å². The number of hydroxylamine groups is 2. The summed E-state index contributed by atoms with van der Waals surface area (Å²) >= 11 is 0. The topological polar surface area (TPSA) is 96.5 Å². The van der Waals surface area contributed by atoms with Gasteiger partial charge in [-0.3, -0.25) is 14.4 Å². The Bertz CT molecular complexity index is 833. The van der Waals surface area contributed by atoms with Gasteiger partial charge in [-0.2, -0.15) is 0 Å². The predicted molar refractivity (Wildman–Crippen MR) is 74.2 cm³/mol. The molecule has 2 amide bonds. The molecular formula is C15H10N2O5. The molecular weight excluding hydrogens is 288 g/mol. The van der Waals surface area contributed by atoms with Crippen LogP contribution in [-0.4, -0.2) is 27.8 Å². The van der Waals surface area contributed by atoms with E-state index in [1.165, 1.54) is 24.4 Å². The molecule has 2 aromatic rings. The van der Waals surface area contributed by atoms with Gasteiger partial charge in [0.1, 0.15) is 5.56 Å². The summed E-state index contributed by atoms with van der Waals surface area (Å²) in [4.78, 5) is 55.3. The van der Waals surface area contributed by atoms with Crippen molar-refractivity contribution in [1.29, 1.82) is 0 Å². The molecule has 1 N–H and O–H groups in total. The van der Waals surface area contributed by atoms with Crippen molar-refractivity contribution in [3.63, 3.8) is 0 Å². The second-order valence-corrected chi connectivity index (χ2v) is 4.72.